The van der Waals surface area contributed by atoms with Gasteiger partial charge < -0.3 is 24.2 Å². The van der Waals surface area contributed by atoms with Crippen LogP contribution >= 0.6 is 11.3 Å². The summed E-state index contributed by atoms with van der Waals surface area (Å²) in [5, 5.41) is 9.93. The molecule has 0 atom stereocenters. The predicted molar refractivity (Wildman–Crippen MR) is 177 cm³/mol. The maximum atomic E-state index is 12.1. The van der Waals surface area contributed by atoms with Crippen molar-refractivity contribution in [1.82, 2.24) is 14.4 Å². The summed E-state index contributed by atoms with van der Waals surface area (Å²) in [4.78, 5) is 17.6. The van der Waals surface area contributed by atoms with Crippen LogP contribution in [0.5, 0.6) is 5.75 Å². The number of carboxylic acids is 1. The van der Waals surface area contributed by atoms with Gasteiger partial charge in [-0.15, -0.1) is 11.3 Å². The van der Waals surface area contributed by atoms with Crippen LogP contribution in [-0.2, 0) is 13.2 Å². The van der Waals surface area contributed by atoms with E-state index in [9.17, 15) is 9.90 Å². The first-order valence-corrected chi connectivity index (χ1v) is 17.0. The Balaban J connectivity index is 1.30. The zero-order chi connectivity index (χ0) is 29.6. The van der Waals surface area contributed by atoms with Gasteiger partial charge in [0.1, 0.15) is 17.2 Å². The molecule has 1 aliphatic heterocycles. The summed E-state index contributed by atoms with van der Waals surface area (Å²) in [7, 11) is 2.22. The van der Waals surface area contributed by atoms with Gasteiger partial charge in [-0.1, -0.05) is 56.0 Å². The molecule has 1 saturated heterocycles. The highest BCUT2D eigenvalue weighted by atomic mass is 32.1. The van der Waals surface area contributed by atoms with Gasteiger partial charge in [0.15, 0.2) is 0 Å². The van der Waals surface area contributed by atoms with Crippen LogP contribution < -0.4 is 4.74 Å². The highest BCUT2D eigenvalue weighted by molar-refractivity contribution is 7.21. The summed E-state index contributed by atoms with van der Waals surface area (Å²) in [5.74, 6) is 0.485. The Kier molecular flexibility index (Phi) is 9.81. The zero-order valence-electron chi connectivity index (χ0n) is 25.5. The molecule has 6 nitrogen and oxygen atoms in total. The van der Waals surface area contributed by atoms with E-state index < -0.39 is 5.97 Å². The SMILES string of the molecule is CN(CCN1CCCCC1)CCn1c(-c2ccc(OCc3ccccc3)cc2)c(C2CCCCC2)c2sc(C(=O)O)cc21. The van der Waals surface area contributed by atoms with E-state index in [2.05, 4.69) is 57.8 Å². The smallest absolute Gasteiger partial charge is 0.345 e. The van der Waals surface area contributed by atoms with Gasteiger partial charge in [0.05, 0.1) is 15.9 Å². The molecule has 228 valence electrons. The third kappa shape index (κ3) is 7.17. The molecule has 0 bridgehead atoms. The van der Waals surface area contributed by atoms with Crippen LogP contribution in [0.25, 0.3) is 21.5 Å². The first kappa shape index (κ1) is 29.9. The number of likely N-dealkylation sites (tertiary alicyclic amines) is 1. The zero-order valence-corrected chi connectivity index (χ0v) is 26.3. The Morgan fingerprint density at radius 3 is 2.35 bits per heavy atom. The van der Waals surface area contributed by atoms with E-state index in [0.29, 0.717) is 17.4 Å². The summed E-state index contributed by atoms with van der Waals surface area (Å²) in [6.07, 6.45) is 10.1. The minimum atomic E-state index is -0.831. The molecule has 2 aromatic carbocycles. The molecule has 43 heavy (non-hydrogen) atoms. The van der Waals surface area contributed by atoms with E-state index in [1.807, 2.05) is 24.3 Å². The summed E-state index contributed by atoms with van der Waals surface area (Å²) in [6.45, 7) is 6.90. The van der Waals surface area contributed by atoms with E-state index >= 15 is 0 Å². The number of hydrogen-bond donors (Lipinski definition) is 1. The second-order valence-corrected chi connectivity index (χ2v) is 13.4. The first-order valence-electron chi connectivity index (χ1n) is 16.1. The van der Waals surface area contributed by atoms with Crippen LogP contribution in [0.4, 0.5) is 0 Å². The van der Waals surface area contributed by atoms with Gasteiger partial charge in [-0.2, -0.15) is 0 Å². The third-order valence-electron chi connectivity index (χ3n) is 9.33. The lowest BCUT2D eigenvalue weighted by atomic mass is 9.83. The molecule has 0 amide bonds. The van der Waals surface area contributed by atoms with Crippen LogP contribution in [0, 0.1) is 0 Å². The number of fused-ring (bicyclic) bond motifs is 1. The topological polar surface area (TPSA) is 57.9 Å². The molecule has 7 heteroatoms. The molecule has 2 fully saturated rings. The molecule has 0 unspecified atom stereocenters. The van der Waals surface area contributed by atoms with E-state index in [0.717, 1.165) is 43.0 Å². The maximum Gasteiger partial charge on any atom is 0.345 e. The predicted octanol–water partition coefficient (Wildman–Crippen LogP) is 8.11. The van der Waals surface area contributed by atoms with Gasteiger partial charge >= 0.3 is 5.97 Å². The quantitative estimate of drug-likeness (QED) is 0.178. The van der Waals surface area contributed by atoms with Crippen molar-refractivity contribution in [3.63, 3.8) is 0 Å². The lowest BCUT2D eigenvalue weighted by Gasteiger charge is -2.28. The monoisotopic (exact) mass is 599 g/mol. The number of nitrogens with zero attached hydrogens (tertiary/aromatic N) is 3. The minimum absolute atomic E-state index is 0.436. The number of thiophene rings is 1. The Morgan fingerprint density at radius 1 is 0.930 bits per heavy atom. The molecule has 2 aromatic heterocycles. The Hall–Kier alpha value is -3.13. The highest BCUT2D eigenvalue weighted by Crippen LogP contribution is 2.47. The number of carboxylic acid groups (broad SMARTS) is 1. The van der Waals surface area contributed by atoms with Crippen LogP contribution in [-0.4, -0.2) is 65.2 Å². The van der Waals surface area contributed by atoms with Crippen molar-refractivity contribution in [1.29, 1.82) is 0 Å². The van der Waals surface area contributed by atoms with Gasteiger partial charge in [-0.05, 0) is 98.8 Å². The molecule has 0 spiro atoms. The fourth-order valence-corrected chi connectivity index (χ4v) is 8.02. The van der Waals surface area contributed by atoms with E-state index in [-0.39, 0.29) is 0 Å². The van der Waals surface area contributed by atoms with Crippen molar-refractivity contribution < 1.29 is 14.6 Å². The third-order valence-corrected chi connectivity index (χ3v) is 10.5. The summed E-state index contributed by atoms with van der Waals surface area (Å²) in [5.41, 5.74) is 6.04. The first-order chi connectivity index (χ1) is 21.1. The van der Waals surface area contributed by atoms with Crippen LogP contribution in [0.2, 0.25) is 0 Å². The van der Waals surface area contributed by atoms with E-state index in [1.54, 1.807) is 0 Å². The molecule has 0 radical (unpaired) electrons. The number of aromatic nitrogens is 1. The maximum absolute atomic E-state index is 12.1. The molecule has 1 aliphatic carbocycles. The van der Waals surface area contributed by atoms with Crippen molar-refractivity contribution >= 4 is 27.5 Å². The Morgan fingerprint density at radius 2 is 1.63 bits per heavy atom. The second-order valence-electron chi connectivity index (χ2n) is 12.4. The normalized spacial score (nSPS) is 16.7. The van der Waals surface area contributed by atoms with Gasteiger partial charge in [0.2, 0.25) is 0 Å². The molecule has 6 rings (SSSR count). The number of aromatic carboxylic acids is 1. The Labute approximate surface area is 259 Å². The summed E-state index contributed by atoms with van der Waals surface area (Å²) < 4.78 is 9.72. The molecule has 1 N–H and O–H groups in total. The van der Waals surface area contributed by atoms with E-state index in [1.165, 1.54) is 97.3 Å². The van der Waals surface area contributed by atoms with Gasteiger partial charge in [-0.3, -0.25) is 0 Å². The van der Waals surface area contributed by atoms with Crippen molar-refractivity contribution in [2.45, 2.75) is 70.4 Å². The standard InChI is InChI=1S/C36H45N3O3S/c1-37(21-23-38-19-9-4-10-20-38)22-24-39-31-25-32(36(40)41)43-35(31)33(28-13-7-3-8-14-28)34(39)29-15-17-30(18-16-29)42-26-27-11-5-2-6-12-27/h2,5-6,11-12,15-18,25,28H,3-4,7-10,13-14,19-24,26H2,1H3,(H,40,41). The highest BCUT2D eigenvalue weighted by Gasteiger charge is 2.29. The fourth-order valence-electron chi connectivity index (χ4n) is 6.89. The van der Waals surface area contributed by atoms with Crippen molar-refractivity contribution in [2.24, 2.45) is 0 Å². The molecular formula is C36H45N3O3S. The van der Waals surface area contributed by atoms with Crippen LogP contribution in [0.3, 0.4) is 0 Å². The molecule has 2 aliphatic rings. The summed E-state index contributed by atoms with van der Waals surface area (Å²) >= 11 is 1.46. The lowest BCUT2D eigenvalue weighted by molar-refractivity contribution is 0.0702. The second kappa shape index (κ2) is 14.1. The Bertz CT molecular complexity index is 1480. The molecular weight excluding hydrogens is 554 g/mol. The van der Waals surface area contributed by atoms with Crippen LogP contribution in [0.1, 0.15) is 78.1 Å². The van der Waals surface area contributed by atoms with Crippen molar-refractivity contribution in [3.05, 3.63) is 76.7 Å². The van der Waals surface area contributed by atoms with Crippen molar-refractivity contribution in [3.8, 4) is 17.0 Å². The van der Waals surface area contributed by atoms with Gasteiger partial charge in [-0.25, -0.2) is 4.79 Å². The lowest BCUT2D eigenvalue weighted by Crippen LogP contribution is -2.37. The van der Waals surface area contributed by atoms with E-state index in [4.69, 9.17) is 4.74 Å². The fraction of sp³-hybridized carbons (Fsp3) is 0.472. The van der Waals surface area contributed by atoms with Gasteiger partial charge in [0.25, 0.3) is 0 Å². The largest absolute Gasteiger partial charge is 0.489 e. The average molecular weight is 600 g/mol. The van der Waals surface area contributed by atoms with Gasteiger partial charge in [0, 0.05) is 26.2 Å². The number of ether oxygens (including phenoxy) is 1. The molecule has 4 aromatic rings. The van der Waals surface area contributed by atoms with Crippen molar-refractivity contribution in [2.75, 3.05) is 39.8 Å². The number of benzene rings is 2. The number of carbonyl (C=O) groups is 1. The summed E-state index contributed by atoms with van der Waals surface area (Å²) in [6, 6.07) is 20.7. The van der Waals surface area contributed by atoms with Crippen LogP contribution in [0.15, 0.2) is 60.7 Å². The molecule has 1 saturated carbocycles. The minimum Gasteiger partial charge on any atom is -0.489 e. The number of piperidine rings is 1. The number of likely N-dealkylation sites (N-methyl/N-ethyl adjacent to an activating group) is 1. The molecule has 3 heterocycles. The number of hydrogen-bond acceptors (Lipinski definition) is 5. The average Bonchev–Trinajstić information content (AvgIpc) is 3.61. The number of rotatable bonds is 12.